The van der Waals surface area contributed by atoms with Crippen molar-refractivity contribution < 1.29 is 23.9 Å². The smallest absolute Gasteiger partial charge is 0.408 e. The van der Waals surface area contributed by atoms with Gasteiger partial charge in [-0.25, -0.2) is 4.79 Å². The third-order valence-electron chi connectivity index (χ3n) is 8.68. The molecular formula is C37H50N4O5. The van der Waals surface area contributed by atoms with Gasteiger partial charge in [0, 0.05) is 7.05 Å². The first-order chi connectivity index (χ1) is 21.6. The number of amides is 4. The van der Waals surface area contributed by atoms with Gasteiger partial charge in [0.25, 0.3) is 0 Å². The van der Waals surface area contributed by atoms with Crippen molar-refractivity contribution >= 4 is 34.6 Å². The first-order valence-electron chi connectivity index (χ1n) is 15.9. The largest absolute Gasteiger partial charge is 0.445 e. The summed E-state index contributed by atoms with van der Waals surface area (Å²) in [5.41, 5.74) is -0.855. The van der Waals surface area contributed by atoms with Gasteiger partial charge in [0.05, 0.1) is 6.04 Å². The van der Waals surface area contributed by atoms with Gasteiger partial charge in [-0.05, 0) is 67.9 Å². The van der Waals surface area contributed by atoms with Gasteiger partial charge in [-0.2, -0.15) is 0 Å². The normalized spacial score (nSPS) is 14.2. The van der Waals surface area contributed by atoms with Crippen LogP contribution in [0.1, 0.15) is 79.0 Å². The van der Waals surface area contributed by atoms with E-state index in [2.05, 4.69) is 16.0 Å². The molecule has 46 heavy (non-hydrogen) atoms. The fourth-order valence-electron chi connectivity index (χ4n) is 5.26. The van der Waals surface area contributed by atoms with E-state index >= 15 is 0 Å². The third-order valence-corrected chi connectivity index (χ3v) is 8.68. The molecule has 3 aromatic carbocycles. The fraction of sp³-hybridized carbons (Fsp3) is 0.459. The van der Waals surface area contributed by atoms with E-state index in [4.69, 9.17) is 4.74 Å². The van der Waals surface area contributed by atoms with Crippen LogP contribution in [-0.4, -0.2) is 52.9 Å². The molecule has 0 bridgehead atoms. The molecule has 0 fully saturated rings. The number of likely N-dealkylation sites (N-methyl/N-ethyl adjacent to an activating group) is 1. The summed E-state index contributed by atoms with van der Waals surface area (Å²) in [6, 6.07) is 22.1. The van der Waals surface area contributed by atoms with Crippen molar-refractivity contribution in [3.8, 4) is 0 Å². The Kier molecular flexibility index (Phi) is 12.0. The average molecular weight is 631 g/mol. The summed E-state index contributed by atoms with van der Waals surface area (Å²) in [6.07, 6.45) is -0.392. The van der Waals surface area contributed by atoms with Crippen LogP contribution < -0.4 is 16.0 Å². The lowest BCUT2D eigenvalue weighted by Gasteiger charge is -2.41. The zero-order valence-electron chi connectivity index (χ0n) is 28.6. The number of benzene rings is 3. The molecular weight excluding hydrogens is 580 g/mol. The van der Waals surface area contributed by atoms with Crippen LogP contribution in [-0.2, 0) is 25.7 Å². The second-order valence-corrected chi connectivity index (χ2v) is 13.5. The minimum absolute atomic E-state index is 0.0615. The van der Waals surface area contributed by atoms with Gasteiger partial charge in [-0.3, -0.25) is 14.4 Å². The Bertz CT molecular complexity index is 1520. The highest BCUT2D eigenvalue weighted by Crippen LogP contribution is 2.30. The second kappa shape index (κ2) is 15.3. The Morgan fingerprint density at radius 2 is 1.41 bits per heavy atom. The Hall–Kier alpha value is -4.40. The van der Waals surface area contributed by atoms with E-state index in [1.54, 1.807) is 32.7 Å². The molecule has 0 saturated heterocycles. The Morgan fingerprint density at radius 1 is 0.804 bits per heavy atom. The van der Waals surface area contributed by atoms with Crippen molar-refractivity contribution in [3.05, 3.63) is 83.9 Å². The summed E-state index contributed by atoms with van der Waals surface area (Å²) in [5, 5.41) is 10.6. The lowest BCUT2D eigenvalue weighted by atomic mass is 9.85. The highest BCUT2D eigenvalue weighted by Gasteiger charge is 2.44. The van der Waals surface area contributed by atoms with Gasteiger partial charge in [0.1, 0.15) is 23.7 Å². The lowest BCUT2D eigenvalue weighted by Crippen LogP contribution is -2.67. The van der Waals surface area contributed by atoms with Crippen molar-refractivity contribution in [3.63, 3.8) is 0 Å². The summed E-state index contributed by atoms with van der Waals surface area (Å²) in [6.45, 7) is 14.5. The van der Waals surface area contributed by atoms with Crippen LogP contribution in [0.4, 0.5) is 4.79 Å². The standard InChI is InChI=1S/C37H50N4O5/c1-24(2)22-31(38-35(45)46-23-27-16-11-10-12-17-27)32(42)39-36(6,7)33(43)40-37(8,25(3)4)34(44)41(9)26(5)29-21-15-19-28-18-13-14-20-30(28)29/h10-21,24-26,31H,22-23H2,1-9H3,(H,38,45)(H,39,42)(H,40,43)/t26-,31+,37+/m1/s1. The van der Waals surface area contributed by atoms with Crippen LogP contribution in [0.15, 0.2) is 72.8 Å². The number of hydrogen-bond acceptors (Lipinski definition) is 5. The number of hydrogen-bond donors (Lipinski definition) is 3. The molecule has 0 spiro atoms. The molecule has 9 nitrogen and oxygen atoms in total. The molecule has 4 amide bonds. The highest BCUT2D eigenvalue weighted by atomic mass is 16.5. The van der Waals surface area contributed by atoms with Crippen molar-refractivity contribution in [2.75, 3.05) is 7.05 Å². The topological polar surface area (TPSA) is 117 Å². The van der Waals surface area contributed by atoms with Crippen molar-refractivity contribution in [2.45, 2.75) is 91.6 Å². The number of fused-ring (bicyclic) bond motifs is 1. The molecule has 0 radical (unpaired) electrons. The molecule has 0 heterocycles. The van der Waals surface area contributed by atoms with Crippen LogP contribution in [0.2, 0.25) is 0 Å². The first kappa shape index (κ1) is 36.1. The number of nitrogens with one attached hydrogen (secondary N) is 3. The van der Waals surface area contributed by atoms with Crippen molar-refractivity contribution in [2.24, 2.45) is 11.8 Å². The zero-order valence-corrected chi connectivity index (χ0v) is 28.6. The molecule has 3 N–H and O–H groups in total. The number of rotatable bonds is 13. The van der Waals surface area contributed by atoms with E-state index in [9.17, 15) is 19.2 Å². The van der Waals surface area contributed by atoms with Gasteiger partial charge in [0.15, 0.2) is 0 Å². The van der Waals surface area contributed by atoms with Crippen LogP contribution in [0.5, 0.6) is 0 Å². The number of alkyl carbamates (subject to hydrolysis) is 1. The van der Waals surface area contributed by atoms with Crippen LogP contribution in [0.3, 0.4) is 0 Å². The van der Waals surface area contributed by atoms with E-state index in [1.165, 1.54) is 0 Å². The minimum atomic E-state index is -1.40. The van der Waals surface area contributed by atoms with Crippen molar-refractivity contribution in [1.82, 2.24) is 20.9 Å². The zero-order chi connectivity index (χ0) is 34.2. The van der Waals surface area contributed by atoms with Crippen molar-refractivity contribution in [1.29, 1.82) is 0 Å². The summed E-state index contributed by atoms with van der Waals surface area (Å²) in [5.74, 6) is -1.49. The van der Waals surface area contributed by atoms with E-state index in [1.807, 2.05) is 107 Å². The average Bonchev–Trinajstić information content (AvgIpc) is 3.01. The first-order valence-corrected chi connectivity index (χ1v) is 15.9. The molecule has 0 saturated carbocycles. The molecule has 0 aliphatic heterocycles. The third kappa shape index (κ3) is 8.86. The molecule has 0 aliphatic carbocycles. The number of nitrogens with zero attached hydrogens (tertiary/aromatic N) is 1. The number of ether oxygens (including phenoxy) is 1. The van der Waals surface area contributed by atoms with Gasteiger partial charge < -0.3 is 25.6 Å². The Labute approximate surface area is 273 Å². The maximum Gasteiger partial charge on any atom is 0.408 e. The molecule has 0 aliphatic rings. The molecule has 9 heteroatoms. The summed E-state index contributed by atoms with van der Waals surface area (Å²) in [4.78, 5) is 55.6. The quantitative estimate of drug-likeness (QED) is 0.210. The molecule has 0 aromatic heterocycles. The monoisotopic (exact) mass is 630 g/mol. The second-order valence-electron chi connectivity index (χ2n) is 13.5. The predicted octanol–water partition coefficient (Wildman–Crippen LogP) is 6.13. The lowest BCUT2D eigenvalue weighted by molar-refractivity contribution is -0.145. The maximum absolute atomic E-state index is 14.1. The summed E-state index contributed by atoms with van der Waals surface area (Å²) < 4.78 is 5.33. The molecule has 3 aromatic rings. The number of carbonyl (C=O) groups excluding carboxylic acids is 4. The van der Waals surface area contributed by atoms with Gasteiger partial charge in [-0.1, -0.05) is 100 Å². The van der Waals surface area contributed by atoms with E-state index in [-0.39, 0.29) is 30.4 Å². The SMILES string of the molecule is CC(C)C[C@H](NC(=O)OCc1ccccc1)C(=O)NC(C)(C)C(=O)N[C@](C)(C(=O)N(C)[C@H](C)c1cccc2ccccc12)C(C)C. The van der Waals surface area contributed by atoms with E-state index in [0.717, 1.165) is 21.9 Å². The van der Waals surface area contributed by atoms with E-state index < -0.39 is 35.0 Å². The minimum Gasteiger partial charge on any atom is -0.445 e. The Balaban J connectivity index is 1.73. The van der Waals surface area contributed by atoms with Crippen LogP contribution in [0.25, 0.3) is 10.8 Å². The Morgan fingerprint density at radius 3 is 2.04 bits per heavy atom. The fourth-order valence-corrected chi connectivity index (χ4v) is 5.26. The molecule has 3 atom stereocenters. The van der Waals surface area contributed by atoms with Gasteiger partial charge in [-0.15, -0.1) is 0 Å². The number of carbonyl (C=O) groups is 4. The van der Waals surface area contributed by atoms with Gasteiger partial charge >= 0.3 is 6.09 Å². The molecule has 0 unspecified atom stereocenters. The maximum atomic E-state index is 14.1. The molecule has 3 rings (SSSR count). The van der Waals surface area contributed by atoms with Crippen LogP contribution in [0, 0.1) is 11.8 Å². The van der Waals surface area contributed by atoms with Gasteiger partial charge in [0.2, 0.25) is 17.7 Å². The van der Waals surface area contributed by atoms with E-state index in [0.29, 0.717) is 6.42 Å². The summed E-state index contributed by atoms with van der Waals surface area (Å²) >= 11 is 0. The predicted molar refractivity (Wildman–Crippen MR) is 182 cm³/mol. The van der Waals surface area contributed by atoms with Crippen LogP contribution >= 0.6 is 0 Å². The molecule has 248 valence electrons. The highest BCUT2D eigenvalue weighted by molar-refractivity contribution is 5.97. The summed E-state index contributed by atoms with van der Waals surface area (Å²) in [7, 11) is 1.74.